The van der Waals surface area contributed by atoms with Crippen molar-refractivity contribution in [3.63, 3.8) is 0 Å². The number of nitrogens with zero attached hydrogens (tertiary/aromatic N) is 6. The number of amidine groups is 1. The third kappa shape index (κ3) is 4.00. The molecule has 29 heavy (non-hydrogen) atoms. The highest BCUT2D eigenvalue weighted by Crippen LogP contribution is 2.33. The van der Waals surface area contributed by atoms with Gasteiger partial charge in [0, 0.05) is 17.4 Å². The zero-order chi connectivity index (χ0) is 20.2. The van der Waals surface area contributed by atoms with E-state index in [2.05, 4.69) is 15.5 Å². The van der Waals surface area contributed by atoms with E-state index in [0.29, 0.717) is 28.8 Å². The predicted molar refractivity (Wildman–Crippen MR) is 112 cm³/mol. The highest BCUT2D eigenvalue weighted by Gasteiger charge is 2.33. The molecule has 0 N–H and O–H groups in total. The summed E-state index contributed by atoms with van der Waals surface area (Å²) >= 11 is 1.57. The highest BCUT2D eigenvalue weighted by atomic mass is 32.2. The third-order valence-corrected chi connectivity index (χ3v) is 5.60. The number of tetrazole rings is 1. The Hall–Kier alpha value is -3.20. The number of aliphatic imine (C=N–C) groups is 1. The van der Waals surface area contributed by atoms with E-state index in [4.69, 9.17) is 9.73 Å². The van der Waals surface area contributed by atoms with Crippen LogP contribution in [-0.2, 0) is 0 Å². The smallest absolute Gasteiger partial charge is 0.260 e. The Morgan fingerprint density at radius 3 is 2.93 bits per heavy atom. The lowest BCUT2D eigenvalue weighted by Crippen LogP contribution is -2.37. The molecule has 8 nitrogen and oxygen atoms in total. The number of amides is 1. The van der Waals surface area contributed by atoms with Crippen molar-refractivity contribution in [2.45, 2.75) is 19.9 Å². The minimum Gasteiger partial charge on any atom is -0.492 e. The van der Waals surface area contributed by atoms with Gasteiger partial charge in [-0.05, 0) is 54.6 Å². The first-order valence-electron chi connectivity index (χ1n) is 9.27. The zero-order valence-corrected chi connectivity index (χ0v) is 16.9. The molecular formula is C20H20N6O2S. The number of thioether (sulfide) groups is 1. The lowest BCUT2D eigenvalue weighted by molar-refractivity contribution is 0.0828. The van der Waals surface area contributed by atoms with E-state index in [1.807, 2.05) is 50.2 Å². The number of rotatable bonds is 5. The molecule has 1 amide bonds. The van der Waals surface area contributed by atoms with Gasteiger partial charge in [0.25, 0.3) is 5.91 Å². The van der Waals surface area contributed by atoms with Crippen LogP contribution in [0.25, 0.3) is 5.69 Å². The summed E-state index contributed by atoms with van der Waals surface area (Å²) in [5.74, 6) is 1.38. The molecule has 148 valence electrons. The molecule has 4 rings (SSSR count). The lowest BCUT2D eigenvalue weighted by atomic mass is 10.1. The normalized spacial score (nSPS) is 17.7. The van der Waals surface area contributed by atoms with Crippen molar-refractivity contribution in [3.05, 3.63) is 60.4 Å². The van der Waals surface area contributed by atoms with E-state index >= 15 is 0 Å². The molecule has 0 saturated carbocycles. The van der Waals surface area contributed by atoms with Crippen LogP contribution in [0.3, 0.4) is 0 Å². The van der Waals surface area contributed by atoms with Gasteiger partial charge in [0.2, 0.25) is 0 Å². The Labute approximate surface area is 172 Å². The van der Waals surface area contributed by atoms with Crippen LogP contribution in [-0.4, -0.2) is 54.6 Å². The average Bonchev–Trinajstić information content (AvgIpc) is 3.40. The summed E-state index contributed by atoms with van der Waals surface area (Å²) in [5.41, 5.74) is 1.99. The lowest BCUT2D eigenvalue weighted by Gasteiger charge is -2.21. The third-order valence-electron chi connectivity index (χ3n) is 4.41. The Morgan fingerprint density at radius 2 is 2.14 bits per heavy atom. The topological polar surface area (TPSA) is 85.5 Å². The number of para-hydroxylation sites is 2. The fourth-order valence-electron chi connectivity index (χ4n) is 3.03. The number of hydrogen-bond acceptors (Lipinski definition) is 7. The van der Waals surface area contributed by atoms with Gasteiger partial charge in [0.05, 0.1) is 12.3 Å². The predicted octanol–water partition coefficient (Wildman–Crippen LogP) is 3.33. The number of benzene rings is 2. The van der Waals surface area contributed by atoms with Gasteiger partial charge in [-0.15, -0.1) is 5.10 Å². The Morgan fingerprint density at radius 1 is 1.28 bits per heavy atom. The maximum atomic E-state index is 13.3. The van der Waals surface area contributed by atoms with Gasteiger partial charge in [-0.2, -0.15) is 0 Å². The summed E-state index contributed by atoms with van der Waals surface area (Å²) < 4.78 is 7.19. The Balaban J connectivity index is 1.66. The van der Waals surface area contributed by atoms with Gasteiger partial charge in [0.1, 0.15) is 17.8 Å². The summed E-state index contributed by atoms with van der Waals surface area (Å²) in [6.45, 7) is 4.51. The summed E-state index contributed by atoms with van der Waals surface area (Å²) in [7, 11) is 0. The number of ether oxygens (including phenoxy) is 1. The second kappa shape index (κ2) is 8.44. The minimum atomic E-state index is -0.106. The van der Waals surface area contributed by atoms with Gasteiger partial charge in [-0.3, -0.25) is 9.69 Å². The van der Waals surface area contributed by atoms with Crippen molar-refractivity contribution in [1.82, 2.24) is 25.1 Å². The number of carbonyl (C=O) groups is 1. The van der Waals surface area contributed by atoms with Gasteiger partial charge < -0.3 is 4.74 Å². The quantitative estimate of drug-likeness (QED) is 0.644. The van der Waals surface area contributed by atoms with E-state index in [1.54, 1.807) is 28.8 Å². The molecule has 1 atom stereocenters. The standard InChI is InChI=1S/C20H20N6O2S/c1-3-28-18-10-5-4-9-17(18)22-20-26(14(2)12-29-20)19(27)15-7-6-8-16(11-15)25-13-21-23-24-25/h4-11,13-14H,3,12H2,1-2H3. The summed E-state index contributed by atoms with van der Waals surface area (Å²) in [6, 6.07) is 14.9. The van der Waals surface area contributed by atoms with Crippen LogP contribution in [0.15, 0.2) is 59.9 Å². The Bertz CT molecular complexity index is 1040. The van der Waals surface area contributed by atoms with E-state index in [0.717, 1.165) is 11.4 Å². The maximum absolute atomic E-state index is 13.3. The fraction of sp³-hybridized carbons (Fsp3) is 0.250. The molecule has 1 aliphatic heterocycles. The van der Waals surface area contributed by atoms with Crippen LogP contribution in [0.1, 0.15) is 24.2 Å². The molecular weight excluding hydrogens is 388 g/mol. The second-order valence-corrected chi connectivity index (χ2v) is 7.42. The van der Waals surface area contributed by atoms with E-state index in [-0.39, 0.29) is 11.9 Å². The van der Waals surface area contributed by atoms with Crippen molar-refractivity contribution in [2.24, 2.45) is 4.99 Å². The molecule has 2 heterocycles. The molecule has 1 saturated heterocycles. The van der Waals surface area contributed by atoms with Gasteiger partial charge in [-0.1, -0.05) is 30.0 Å². The molecule has 1 unspecified atom stereocenters. The van der Waals surface area contributed by atoms with Crippen molar-refractivity contribution in [2.75, 3.05) is 12.4 Å². The second-order valence-electron chi connectivity index (χ2n) is 6.44. The molecule has 2 aromatic carbocycles. The van der Waals surface area contributed by atoms with Crippen LogP contribution in [0, 0.1) is 0 Å². The van der Waals surface area contributed by atoms with Crippen molar-refractivity contribution >= 4 is 28.5 Å². The molecule has 0 radical (unpaired) electrons. The van der Waals surface area contributed by atoms with Crippen LogP contribution in [0.2, 0.25) is 0 Å². The van der Waals surface area contributed by atoms with Crippen LogP contribution >= 0.6 is 11.8 Å². The highest BCUT2D eigenvalue weighted by molar-refractivity contribution is 8.14. The summed E-state index contributed by atoms with van der Waals surface area (Å²) in [4.78, 5) is 19.8. The number of hydrogen-bond donors (Lipinski definition) is 0. The molecule has 1 aromatic heterocycles. The largest absolute Gasteiger partial charge is 0.492 e. The minimum absolute atomic E-state index is 0.0298. The fourth-order valence-corrected chi connectivity index (χ4v) is 4.14. The number of aromatic nitrogens is 4. The average molecular weight is 408 g/mol. The van der Waals surface area contributed by atoms with Gasteiger partial charge in [-0.25, -0.2) is 9.67 Å². The van der Waals surface area contributed by atoms with Crippen LogP contribution < -0.4 is 4.74 Å². The van der Waals surface area contributed by atoms with Crippen molar-refractivity contribution < 1.29 is 9.53 Å². The molecule has 1 fully saturated rings. The first-order chi connectivity index (χ1) is 14.2. The molecule has 0 bridgehead atoms. The molecule has 9 heteroatoms. The van der Waals surface area contributed by atoms with Crippen molar-refractivity contribution in [3.8, 4) is 11.4 Å². The maximum Gasteiger partial charge on any atom is 0.260 e. The summed E-state index contributed by atoms with van der Waals surface area (Å²) in [6.07, 6.45) is 1.50. The molecule has 0 spiro atoms. The molecule has 1 aliphatic rings. The monoisotopic (exact) mass is 408 g/mol. The van der Waals surface area contributed by atoms with Crippen molar-refractivity contribution in [1.29, 1.82) is 0 Å². The van der Waals surface area contributed by atoms with Crippen LogP contribution in [0.5, 0.6) is 5.75 Å². The SMILES string of the molecule is CCOc1ccccc1N=C1SCC(C)N1C(=O)c1cccc(-n2cnnn2)c1. The van der Waals surface area contributed by atoms with E-state index < -0.39 is 0 Å². The number of carbonyl (C=O) groups excluding carboxylic acids is 1. The first kappa shape index (κ1) is 19.1. The van der Waals surface area contributed by atoms with E-state index in [1.165, 1.54) is 11.0 Å². The van der Waals surface area contributed by atoms with Crippen LogP contribution in [0.4, 0.5) is 5.69 Å². The van der Waals surface area contributed by atoms with Gasteiger partial charge >= 0.3 is 0 Å². The first-order valence-corrected chi connectivity index (χ1v) is 10.3. The zero-order valence-electron chi connectivity index (χ0n) is 16.1. The molecule has 3 aromatic rings. The Kier molecular flexibility index (Phi) is 5.57. The summed E-state index contributed by atoms with van der Waals surface area (Å²) in [5, 5.41) is 11.9. The van der Waals surface area contributed by atoms with E-state index in [9.17, 15) is 4.79 Å². The van der Waals surface area contributed by atoms with Gasteiger partial charge in [0.15, 0.2) is 5.17 Å². The molecule has 0 aliphatic carbocycles.